The summed E-state index contributed by atoms with van der Waals surface area (Å²) >= 11 is 0. The molecule has 29 heavy (non-hydrogen) atoms. The normalized spacial score (nSPS) is 12.2. The molecule has 1 heterocycles. The highest BCUT2D eigenvalue weighted by molar-refractivity contribution is 5.99. The molecule has 1 aromatic heterocycles. The SMILES string of the molecule is CC(C)N(CC(=O)Nc1ccon1)C(=O)c1cc(C(F)(F)F)cc(C(F)(F)F)c1. The summed E-state index contributed by atoms with van der Waals surface area (Å²) in [6, 6.07) is 1.18. The van der Waals surface area contributed by atoms with Crippen LogP contribution in [0.2, 0.25) is 0 Å². The Hall–Kier alpha value is -3.05. The van der Waals surface area contributed by atoms with E-state index in [1.165, 1.54) is 26.2 Å². The zero-order valence-corrected chi connectivity index (χ0v) is 15.1. The van der Waals surface area contributed by atoms with Crippen molar-refractivity contribution in [3.8, 4) is 0 Å². The number of halogens is 6. The number of aromatic nitrogens is 1. The van der Waals surface area contributed by atoms with E-state index >= 15 is 0 Å². The Morgan fingerprint density at radius 3 is 2.03 bits per heavy atom. The third-order valence-electron chi connectivity index (χ3n) is 3.74. The average molecular weight is 423 g/mol. The fourth-order valence-corrected chi connectivity index (χ4v) is 2.35. The van der Waals surface area contributed by atoms with Crippen LogP contribution in [0.25, 0.3) is 0 Å². The average Bonchev–Trinajstić information content (AvgIpc) is 3.09. The number of hydrogen-bond acceptors (Lipinski definition) is 4. The molecule has 12 heteroatoms. The van der Waals surface area contributed by atoms with Gasteiger partial charge in [-0.15, -0.1) is 0 Å². The molecule has 2 rings (SSSR count). The fraction of sp³-hybridized carbons (Fsp3) is 0.353. The molecule has 0 unspecified atom stereocenters. The number of rotatable bonds is 5. The summed E-state index contributed by atoms with van der Waals surface area (Å²) in [5.74, 6) is -1.89. The van der Waals surface area contributed by atoms with Gasteiger partial charge in [-0.25, -0.2) is 0 Å². The van der Waals surface area contributed by atoms with Crippen molar-refractivity contribution in [3.05, 3.63) is 47.2 Å². The molecular weight excluding hydrogens is 408 g/mol. The minimum Gasteiger partial charge on any atom is -0.363 e. The molecule has 0 fully saturated rings. The number of amides is 2. The molecule has 1 aromatic carbocycles. The lowest BCUT2D eigenvalue weighted by Gasteiger charge is -2.26. The molecular formula is C17H15F6N3O3. The first-order valence-electron chi connectivity index (χ1n) is 8.09. The van der Waals surface area contributed by atoms with Gasteiger partial charge in [-0.2, -0.15) is 26.3 Å². The van der Waals surface area contributed by atoms with Crippen molar-refractivity contribution < 1.29 is 40.5 Å². The molecule has 158 valence electrons. The van der Waals surface area contributed by atoms with E-state index in [0.717, 1.165) is 4.90 Å². The van der Waals surface area contributed by atoms with Gasteiger partial charge in [-0.1, -0.05) is 5.16 Å². The quantitative estimate of drug-likeness (QED) is 0.732. The van der Waals surface area contributed by atoms with Crippen LogP contribution in [0, 0.1) is 0 Å². The monoisotopic (exact) mass is 423 g/mol. The van der Waals surface area contributed by atoms with Gasteiger partial charge in [0.15, 0.2) is 5.82 Å². The Kier molecular flexibility index (Phi) is 6.24. The molecule has 0 aliphatic carbocycles. The van der Waals surface area contributed by atoms with E-state index < -0.39 is 53.4 Å². The molecule has 0 aliphatic heterocycles. The number of alkyl halides is 6. The van der Waals surface area contributed by atoms with Gasteiger partial charge in [0.05, 0.1) is 11.1 Å². The molecule has 0 radical (unpaired) electrons. The first-order chi connectivity index (χ1) is 13.3. The Balaban J connectivity index is 2.36. The fourth-order valence-electron chi connectivity index (χ4n) is 2.35. The first-order valence-corrected chi connectivity index (χ1v) is 8.09. The second-order valence-electron chi connectivity index (χ2n) is 6.25. The summed E-state index contributed by atoms with van der Waals surface area (Å²) in [7, 11) is 0. The highest BCUT2D eigenvalue weighted by Gasteiger charge is 2.38. The van der Waals surface area contributed by atoms with E-state index in [0.29, 0.717) is 12.1 Å². The maximum absolute atomic E-state index is 13.0. The van der Waals surface area contributed by atoms with Gasteiger partial charge in [0, 0.05) is 17.7 Å². The minimum atomic E-state index is -5.09. The van der Waals surface area contributed by atoms with E-state index in [1.54, 1.807) is 0 Å². The standard InChI is InChI=1S/C17H15F6N3O3/c1-9(2)26(8-14(27)24-13-3-4-29-25-13)15(28)10-5-11(16(18,19)20)7-12(6-10)17(21,22)23/h3-7,9H,8H2,1-2H3,(H,24,25,27). The summed E-state index contributed by atoms with van der Waals surface area (Å²) < 4.78 is 82.6. The van der Waals surface area contributed by atoms with Crippen LogP contribution in [0.5, 0.6) is 0 Å². The summed E-state index contributed by atoms with van der Waals surface area (Å²) in [5, 5.41) is 5.72. The summed E-state index contributed by atoms with van der Waals surface area (Å²) in [6.45, 7) is 2.29. The summed E-state index contributed by atoms with van der Waals surface area (Å²) in [6.07, 6.45) is -9.02. The first kappa shape index (κ1) is 22.2. The van der Waals surface area contributed by atoms with Crippen molar-refractivity contribution in [2.24, 2.45) is 0 Å². The second kappa shape index (κ2) is 8.13. The molecule has 2 aromatic rings. The van der Waals surface area contributed by atoms with E-state index in [2.05, 4.69) is 15.0 Å². The second-order valence-corrected chi connectivity index (χ2v) is 6.25. The van der Waals surface area contributed by atoms with Crippen LogP contribution < -0.4 is 5.32 Å². The van der Waals surface area contributed by atoms with Gasteiger partial charge in [0.25, 0.3) is 5.91 Å². The topological polar surface area (TPSA) is 75.4 Å². The zero-order chi connectivity index (χ0) is 22.0. The van der Waals surface area contributed by atoms with Gasteiger partial charge >= 0.3 is 12.4 Å². The molecule has 0 saturated carbocycles. The van der Waals surface area contributed by atoms with Crippen molar-refractivity contribution in [2.45, 2.75) is 32.2 Å². The highest BCUT2D eigenvalue weighted by Crippen LogP contribution is 2.36. The molecule has 0 aliphatic rings. The van der Waals surface area contributed by atoms with Crippen molar-refractivity contribution in [2.75, 3.05) is 11.9 Å². The van der Waals surface area contributed by atoms with Gasteiger partial charge < -0.3 is 14.7 Å². The van der Waals surface area contributed by atoms with E-state index in [4.69, 9.17) is 0 Å². The molecule has 6 nitrogen and oxygen atoms in total. The molecule has 1 N–H and O–H groups in total. The third-order valence-corrected chi connectivity index (χ3v) is 3.74. The van der Waals surface area contributed by atoms with Crippen LogP contribution in [-0.4, -0.2) is 34.5 Å². The lowest BCUT2D eigenvalue weighted by Crippen LogP contribution is -2.42. The van der Waals surface area contributed by atoms with Crippen LogP contribution in [0.4, 0.5) is 32.2 Å². The van der Waals surface area contributed by atoms with Gasteiger partial charge in [-0.05, 0) is 32.0 Å². The van der Waals surface area contributed by atoms with Crippen molar-refractivity contribution in [3.63, 3.8) is 0 Å². The Morgan fingerprint density at radius 1 is 1.07 bits per heavy atom. The van der Waals surface area contributed by atoms with Crippen molar-refractivity contribution in [1.82, 2.24) is 10.1 Å². The molecule has 2 amide bonds. The maximum atomic E-state index is 13.0. The van der Waals surface area contributed by atoms with Gasteiger partial charge in [-0.3, -0.25) is 9.59 Å². The molecule has 0 spiro atoms. The number of hydrogen-bond donors (Lipinski definition) is 1. The van der Waals surface area contributed by atoms with Gasteiger partial charge in [0.2, 0.25) is 5.91 Å². The summed E-state index contributed by atoms with van der Waals surface area (Å²) in [4.78, 5) is 25.6. The molecule has 0 bridgehead atoms. The number of nitrogens with one attached hydrogen (secondary N) is 1. The molecule has 0 atom stereocenters. The lowest BCUT2D eigenvalue weighted by molar-refractivity contribution is -0.143. The molecule has 0 saturated heterocycles. The van der Waals surface area contributed by atoms with Crippen LogP contribution in [0.15, 0.2) is 35.1 Å². The van der Waals surface area contributed by atoms with Crippen LogP contribution >= 0.6 is 0 Å². The lowest BCUT2D eigenvalue weighted by atomic mass is 10.0. The third kappa shape index (κ3) is 5.72. The number of carbonyl (C=O) groups excluding carboxylic acids is 2. The Morgan fingerprint density at radius 2 is 1.62 bits per heavy atom. The number of anilines is 1. The Bertz CT molecular complexity index is 843. The van der Waals surface area contributed by atoms with Crippen LogP contribution in [0.1, 0.15) is 35.3 Å². The number of benzene rings is 1. The zero-order valence-electron chi connectivity index (χ0n) is 15.1. The van der Waals surface area contributed by atoms with Crippen LogP contribution in [0.3, 0.4) is 0 Å². The van der Waals surface area contributed by atoms with E-state index in [-0.39, 0.29) is 11.9 Å². The van der Waals surface area contributed by atoms with E-state index in [1.807, 2.05) is 0 Å². The Labute approximate surface area is 160 Å². The van der Waals surface area contributed by atoms with Gasteiger partial charge in [0.1, 0.15) is 12.8 Å². The largest absolute Gasteiger partial charge is 0.416 e. The number of carbonyl (C=O) groups is 2. The predicted molar refractivity (Wildman–Crippen MR) is 87.8 cm³/mol. The predicted octanol–water partition coefficient (Wildman–Crippen LogP) is 4.20. The van der Waals surface area contributed by atoms with Crippen LogP contribution in [-0.2, 0) is 17.1 Å². The van der Waals surface area contributed by atoms with Crippen molar-refractivity contribution in [1.29, 1.82) is 0 Å². The maximum Gasteiger partial charge on any atom is 0.416 e. The highest BCUT2D eigenvalue weighted by atomic mass is 19.4. The van der Waals surface area contributed by atoms with Crippen molar-refractivity contribution >= 4 is 17.6 Å². The van der Waals surface area contributed by atoms with E-state index in [9.17, 15) is 35.9 Å². The smallest absolute Gasteiger partial charge is 0.363 e. The minimum absolute atomic E-state index is 0.0320. The number of nitrogens with zero attached hydrogens (tertiary/aromatic N) is 2. The summed E-state index contributed by atoms with van der Waals surface area (Å²) in [5.41, 5.74) is -4.08.